The number of benzene rings is 2. The molecule has 0 saturated heterocycles. The smallest absolute Gasteiger partial charge is 0.299 e. The highest BCUT2D eigenvalue weighted by atomic mass is 16.5. The van der Waals surface area contributed by atoms with E-state index in [4.69, 9.17) is 9.26 Å². The van der Waals surface area contributed by atoms with Crippen LogP contribution in [0.1, 0.15) is 25.8 Å². The summed E-state index contributed by atoms with van der Waals surface area (Å²) < 4.78 is 12.2. The van der Waals surface area contributed by atoms with Gasteiger partial charge in [0.05, 0.1) is 18.6 Å². The Kier molecular flexibility index (Phi) is 6.30. The molecule has 0 unspecified atom stereocenters. The summed E-state index contributed by atoms with van der Waals surface area (Å²) in [5.41, 5.74) is 3.26. The van der Waals surface area contributed by atoms with Crippen LogP contribution in [0, 0.1) is 0 Å². The van der Waals surface area contributed by atoms with Gasteiger partial charge in [-0.05, 0) is 31.0 Å². The van der Waals surface area contributed by atoms with Crippen molar-refractivity contribution in [2.45, 2.75) is 33.2 Å². The van der Waals surface area contributed by atoms with Crippen LogP contribution in [0.25, 0.3) is 22.4 Å². The summed E-state index contributed by atoms with van der Waals surface area (Å²) in [4.78, 5) is 29.6. The van der Waals surface area contributed by atoms with E-state index < -0.39 is 0 Å². The van der Waals surface area contributed by atoms with E-state index in [1.54, 1.807) is 12.1 Å². The summed E-state index contributed by atoms with van der Waals surface area (Å²) in [5.74, 6) is 0.364. The van der Waals surface area contributed by atoms with E-state index in [0.29, 0.717) is 29.3 Å². The van der Waals surface area contributed by atoms with Gasteiger partial charge >= 0.3 is 0 Å². The van der Waals surface area contributed by atoms with Crippen LogP contribution in [-0.2, 0) is 17.8 Å². The molecule has 8 nitrogen and oxygen atoms in total. The number of nitrogens with zero attached hydrogens (tertiary/aromatic N) is 3. The summed E-state index contributed by atoms with van der Waals surface area (Å²) in [6.45, 7) is 4.62. The van der Waals surface area contributed by atoms with E-state index in [2.05, 4.69) is 22.4 Å². The number of ether oxygens (including phenoxy) is 1. The van der Waals surface area contributed by atoms with Gasteiger partial charge in [0, 0.05) is 18.5 Å². The normalized spacial score (nSPS) is 10.9. The first-order valence-corrected chi connectivity index (χ1v) is 10.6. The number of aryl methyl sites for hydroxylation is 2. The Labute approximate surface area is 184 Å². The number of rotatable bonds is 8. The van der Waals surface area contributed by atoms with Crippen LogP contribution in [0.2, 0.25) is 0 Å². The highest BCUT2D eigenvalue weighted by molar-refractivity contribution is 5.92. The van der Waals surface area contributed by atoms with Crippen LogP contribution >= 0.6 is 0 Å². The van der Waals surface area contributed by atoms with Crippen molar-refractivity contribution < 1.29 is 14.1 Å². The molecule has 0 aliphatic rings. The van der Waals surface area contributed by atoms with Crippen LogP contribution in [0.3, 0.4) is 0 Å². The van der Waals surface area contributed by atoms with Crippen molar-refractivity contribution in [2.75, 3.05) is 11.9 Å². The van der Waals surface area contributed by atoms with Gasteiger partial charge in [-0.3, -0.25) is 14.2 Å². The van der Waals surface area contributed by atoms with Gasteiger partial charge in [-0.1, -0.05) is 48.5 Å². The third kappa shape index (κ3) is 4.39. The molecule has 2 heterocycles. The fraction of sp³-hybridized carbons (Fsp3) is 0.250. The van der Waals surface area contributed by atoms with Crippen LogP contribution in [0.15, 0.2) is 64.2 Å². The van der Waals surface area contributed by atoms with E-state index in [-0.39, 0.29) is 30.0 Å². The third-order valence-corrected chi connectivity index (χ3v) is 5.13. The van der Waals surface area contributed by atoms with Crippen molar-refractivity contribution in [3.8, 4) is 17.0 Å². The Morgan fingerprint density at radius 2 is 1.91 bits per heavy atom. The monoisotopic (exact) mass is 432 g/mol. The van der Waals surface area contributed by atoms with Crippen molar-refractivity contribution in [3.63, 3.8) is 0 Å². The molecule has 0 atom stereocenters. The topological polar surface area (TPSA) is 99.2 Å². The number of hydrogen-bond donors (Lipinski definition) is 1. The predicted octanol–water partition coefficient (Wildman–Crippen LogP) is 4.04. The molecule has 8 heteroatoms. The molecule has 2 aromatic carbocycles. The molecule has 0 saturated carbocycles. The average molecular weight is 432 g/mol. The first-order valence-electron chi connectivity index (χ1n) is 10.6. The summed E-state index contributed by atoms with van der Waals surface area (Å²) in [5, 5.41) is 6.88. The van der Waals surface area contributed by atoms with E-state index in [9.17, 15) is 9.59 Å². The first-order chi connectivity index (χ1) is 15.6. The number of para-hydroxylation sites is 2. The Hall–Kier alpha value is -3.94. The zero-order valence-electron chi connectivity index (χ0n) is 18.0. The van der Waals surface area contributed by atoms with Gasteiger partial charge in [-0.2, -0.15) is 0 Å². The minimum atomic E-state index is -0.374. The van der Waals surface area contributed by atoms with Gasteiger partial charge in [0.25, 0.3) is 11.1 Å². The van der Waals surface area contributed by atoms with E-state index in [1.165, 1.54) is 16.5 Å². The lowest BCUT2D eigenvalue weighted by Crippen LogP contribution is -2.23. The SMILES string of the molecule is CCOc1ccccc1NC(=O)CCn1cnc2c(-c3ccc(CC)cc3)noc2c1=O. The van der Waals surface area contributed by atoms with Crippen LogP contribution in [0.5, 0.6) is 5.75 Å². The Bertz CT molecular complexity index is 1290. The number of carbonyl (C=O) groups excluding carboxylic acids is 1. The van der Waals surface area contributed by atoms with Gasteiger partial charge < -0.3 is 14.6 Å². The minimum Gasteiger partial charge on any atom is -0.492 e. The second-order valence-electron chi connectivity index (χ2n) is 7.23. The maximum atomic E-state index is 12.8. The maximum Gasteiger partial charge on any atom is 0.299 e. The molecule has 0 radical (unpaired) electrons. The zero-order chi connectivity index (χ0) is 22.5. The number of hydrogen-bond acceptors (Lipinski definition) is 6. The molecule has 1 amide bonds. The number of fused-ring (bicyclic) bond motifs is 1. The second-order valence-corrected chi connectivity index (χ2v) is 7.23. The standard InChI is InChI=1S/C24H24N4O4/c1-3-16-9-11-17(12-10-16)21-22-23(32-27-21)24(30)28(15-25-22)14-13-20(29)26-18-7-5-6-8-19(18)31-4-2/h5-12,15H,3-4,13-14H2,1-2H3,(H,26,29). The number of anilines is 1. The van der Waals surface area contributed by atoms with Crippen LogP contribution in [0.4, 0.5) is 5.69 Å². The summed E-state index contributed by atoms with van der Waals surface area (Å²) >= 11 is 0. The van der Waals surface area contributed by atoms with Crippen molar-refractivity contribution in [1.82, 2.24) is 14.7 Å². The lowest BCUT2D eigenvalue weighted by Gasteiger charge is -2.11. The highest BCUT2D eigenvalue weighted by Gasteiger charge is 2.17. The molecule has 0 aliphatic heterocycles. The molecule has 32 heavy (non-hydrogen) atoms. The van der Waals surface area contributed by atoms with Crippen molar-refractivity contribution in [3.05, 3.63) is 70.8 Å². The van der Waals surface area contributed by atoms with Gasteiger partial charge in [-0.25, -0.2) is 4.98 Å². The molecule has 0 spiro atoms. The summed E-state index contributed by atoms with van der Waals surface area (Å²) in [6.07, 6.45) is 2.45. The molecule has 2 aromatic heterocycles. The fourth-order valence-corrected chi connectivity index (χ4v) is 3.39. The molecule has 0 fully saturated rings. The number of aromatic nitrogens is 3. The molecule has 0 aliphatic carbocycles. The highest BCUT2D eigenvalue weighted by Crippen LogP contribution is 2.25. The van der Waals surface area contributed by atoms with Gasteiger partial charge in [0.15, 0.2) is 0 Å². The van der Waals surface area contributed by atoms with E-state index >= 15 is 0 Å². The minimum absolute atomic E-state index is 0.0733. The maximum absolute atomic E-state index is 12.8. The lowest BCUT2D eigenvalue weighted by molar-refractivity contribution is -0.116. The Morgan fingerprint density at radius 3 is 2.66 bits per heavy atom. The first kappa shape index (κ1) is 21.3. The van der Waals surface area contributed by atoms with Crippen LogP contribution < -0.4 is 15.6 Å². The second kappa shape index (κ2) is 9.47. The zero-order valence-corrected chi connectivity index (χ0v) is 18.0. The number of amides is 1. The van der Waals surface area contributed by atoms with Gasteiger partial charge in [0.2, 0.25) is 5.91 Å². The molecule has 0 bridgehead atoms. The summed E-state index contributed by atoms with van der Waals surface area (Å²) in [6, 6.07) is 15.1. The fourth-order valence-electron chi connectivity index (χ4n) is 3.39. The van der Waals surface area contributed by atoms with Crippen molar-refractivity contribution in [2.24, 2.45) is 0 Å². The Balaban J connectivity index is 1.49. The van der Waals surface area contributed by atoms with Gasteiger partial charge in [0.1, 0.15) is 17.0 Å². The largest absolute Gasteiger partial charge is 0.492 e. The molecular weight excluding hydrogens is 408 g/mol. The summed E-state index contributed by atoms with van der Waals surface area (Å²) in [7, 11) is 0. The molecule has 4 aromatic rings. The van der Waals surface area contributed by atoms with Crippen molar-refractivity contribution in [1.29, 1.82) is 0 Å². The number of nitrogens with one attached hydrogen (secondary N) is 1. The van der Waals surface area contributed by atoms with Gasteiger partial charge in [-0.15, -0.1) is 0 Å². The molecule has 1 N–H and O–H groups in total. The predicted molar refractivity (Wildman–Crippen MR) is 122 cm³/mol. The van der Waals surface area contributed by atoms with Crippen LogP contribution in [-0.4, -0.2) is 27.2 Å². The molecule has 4 rings (SSSR count). The lowest BCUT2D eigenvalue weighted by atomic mass is 10.1. The van der Waals surface area contributed by atoms with E-state index in [1.807, 2.05) is 43.3 Å². The quantitative estimate of drug-likeness (QED) is 0.451. The van der Waals surface area contributed by atoms with E-state index in [0.717, 1.165) is 12.0 Å². The third-order valence-electron chi connectivity index (χ3n) is 5.13. The van der Waals surface area contributed by atoms with Crippen molar-refractivity contribution >= 4 is 22.7 Å². The molecular formula is C24H24N4O4. The molecule has 164 valence electrons. The Morgan fingerprint density at radius 1 is 1.12 bits per heavy atom. The average Bonchev–Trinajstić information content (AvgIpc) is 3.25. The number of carbonyl (C=O) groups is 1.